The third kappa shape index (κ3) is 5.02. The molecule has 0 aliphatic heterocycles. The number of nitrogens with one attached hydrogen (secondary N) is 1. The Balaban J connectivity index is 2.34. The molecule has 0 fully saturated rings. The van der Waals surface area contributed by atoms with Crippen molar-refractivity contribution in [2.24, 2.45) is 0 Å². The number of halogens is 2. The molecular weight excluding hydrogens is 270 g/mol. The van der Waals surface area contributed by atoms with Gasteiger partial charge in [0, 0.05) is 19.0 Å². The predicted octanol–water partition coefficient (Wildman–Crippen LogP) is 1.54. The molecule has 106 valence electrons. The molecule has 0 spiro atoms. The van der Waals surface area contributed by atoms with Crippen molar-refractivity contribution < 1.29 is 23.1 Å². The van der Waals surface area contributed by atoms with Gasteiger partial charge < -0.3 is 10.1 Å². The molecule has 0 radical (unpaired) electrons. The number of benzene rings is 1. The minimum atomic E-state index is -0.948. The Kier molecular flexibility index (Phi) is 6.10. The van der Waals surface area contributed by atoms with Gasteiger partial charge in [-0.2, -0.15) is 5.26 Å². The van der Waals surface area contributed by atoms with E-state index in [9.17, 15) is 18.4 Å². The van der Waals surface area contributed by atoms with Gasteiger partial charge in [0.1, 0.15) is 17.7 Å². The van der Waals surface area contributed by atoms with Gasteiger partial charge in [0.15, 0.2) is 6.61 Å². The van der Waals surface area contributed by atoms with Gasteiger partial charge in [0.2, 0.25) is 0 Å². The van der Waals surface area contributed by atoms with Crippen LogP contribution in [-0.4, -0.2) is 25.0 Å². The molecule has 1 amide bonds. The smallest absolute Gasteiger partial charge is 0.306 e. The van der Waals surface area contributed by atoms with E-state index in [1.54, 1.807) is 6.07 Å². The van der Waals surface area contributed by atoms with Gasteiger partial charge >= 0.3 is 5.97 Å². The highest BCUT2D eigenvalue weighted by Gasteiger charge is 2.12. The zero-order chi connectivity index (χ0) is 15.0. The fourth-order valence-electron chi connectivity index (χ4n) is 1.39. The Bertz CT molecular complexity index is 541. The fourth-order valence-corrected chi connectivity index (χ4v) is 1.39. The normalized spacial score (nSPS) is 9.65. The molecule has 0 aliphatic carbocycles. The lowest BCUT2D eigenvalue weighted by atomic mass is 10.2. The van der Waals surface area contributed by atoms with Crippen molar-refractivity contribution in [1.29, 1.82) is 5.26 Å². The van der Waals surface area contributed by atoms with E-state index < -0.39 is 23.5 Å². The van der Waals surface area contributed by atoms with Gasteiger partial charge in [-0.05, 0) is 18.6 Å². The summed E-state index contributed by atoms with van der Waals surface area (Å²) in [5.74, 6) is -2.95. The SMILES string of the molecule is N#CCOC(=O)CCCNC(=O)c1ccc(F)cc1F. The Hall–Kier alpha value is -2.49. The molecular formula is C13H12F2N2O3. The first-order valence-corrected chi connectivity index (χ1v) is 5.80. The first-order valence-electron chi connectivity index (χ1n) is 5.80. The predicted molar refractivity (Wildman–Crippen MR) is 64.5 cm³/mol. The maximum Gasteiger partial charge on any atom is 0.306 e. The minimum Gasteiger partial charge on any atom is -0.450 e. The van der Waals surface area contributed by atoms with Crippen LogP contribution >= 0.6 is 0 Å². The third-order valence-corrected chi connectivity index (χ3v) is 2.32. The molecule has 0 bridgehead atoms. The molecule has 0 heterocycles. The molecule has 1 rings (SSSR count). The van der Waals surface area contributed by atoms with Crippen LogP contribution in [0.15, 0.2) is 18.2 Å². The number of carbonyl (C=O) groups excluding carboxylic acids is 2. The number of hydrogen-bond donors (Lipinski definition) is 1. The van der Waals surface area contributed by atoms with Crippen molar-refractivity contribution in [3.63, 3.8) is 0 Å². The van der Waals surface area contributed by atoms with E-state index in [0.717, 1.165) is 12.1 Å². The Morgan fingerprint density at radius 3 is 2.75 bits per heavy atom. The largest absolute Gasteiger partial charge is 0.450 e. The Labute approximate surface area is 114 Å². The van der Waals surface area contributed by atoms with Crippen LogP contribution in [-0.2, 0) is 9.53 Å². The molecule has 0 unspecified atom stereocenters. The summed E-state index contributed by atoms with van der Waals surface area (Å²) in [7, 11) is 0. The van der Waals surface area contributed by atoms with E-state index in [1.807, 2.05) is 0 Å². The topological polar surface area (TPSA) is 79.2 Å². The first-order chi connectivity index (χ1) is 9.54. The number of nitriles is 1. The first kappa shape index (κ1) is 15.6. The summed E-state index contributed by atoms with van der Waals surface area (Å²) in [5, 5.41) is 10.6. The van der Waals surface area contributed by atoms with Crippen molar-refractivity contribution in [1.82, 2.24) is 5.32 Å². The summed E-state index contributed by atoms with van der Waals surface area (Å²) in [5.41, 5.74) is -0.265. The van der Waals surface area contributed by atoms with Crippen LogP contribution in [0.25, 0.3) is 0 Å². The molecule has 0 aliphatic rings. The average molecular weight is 282 g/mol. The number of ether oxygens (including phenoxy) is 1. The molecule has 1 aromatic carbocycles. The number of esters is 1. The van der Waals surface area contributed by atoms with E-state index in [4.69, 9.17) is 5.26 Å². The van der Waals surface area contributed by atoms with Gasteiger partial charge in [-0.1, -0.05) is 0 Å². The molecule has 5 nitrogen and oxygen atoms in total. The van der Waals surface area contributed by atoms with E-state index in [0.29, 0.717) is 12.5 Å². The van der Waals surface area contributed by atoms with Crippen LogP contribution in [0.1, 0.15) is 23.2 Å². The van der Waals surface area contributed by atoms with Gasteiger partial charge in [0.25, 0.3) is 5.91 Å². The quantitative estimate of drug-likeness (QED) is 0.634. The maximum absolute atomic E-state index is 13.3. The molecule has 0 saturated heterocycles. The van der Waals surface area contributed by atoms with E-state index in [1.165, 1.54) is 0 Å². The van der Waals surface area contributed by atoms with Crippen molar-refractivity contribution in [2.45, 2.75) is 12.8 Å². The van der Waals surface area contributed by atoms with Crippen LogP contribution in [0, 0.1) is 23.0 Å². The van der Waals surface area contributed by atoms with Crippen LogP contribution in [0.3, 0.4) is 0 Å². The highest BCUT2D eigenvalue weighted by Crippen LogP contribution is 2.09. The van der Waals surface area contributed by atoms with Crippen LogP contribution in [0.2, 0.25) is 0 Å². The lowest BCUT2D eigenvalue weighted by molar-refractivity contribution is -0.142. The van der Waals surface area contributed by atoms with Crippen molar-refractivity contribution in [2.75, 3.05) is 13.2 Å². The van der Waals surface area contributed by atoms with Gasteiger partial charge in [-0.15, -0.1) is 0 Å². The molecule has 1 aromatic rings. The van der Waals surface area contributed by atoms with Crippen molar-refractivity contribution >= 4 is 11.9 Å². The van der Waals surface area contributed by atoms with Gasteiger partial charge in [-0.25, -0.2) is 8.78 Å². The number of nitrogens with zero attached hydrogens (tertiary/aromatic N) is 1. The zero-order valence-electron chi connectivity index (χ0n) is 10.5. The molecule has 1 N–H and O–H groups in total. The van der Waals surface area contributed by atoms with E-state index in [-0.39, 0.29) is 25.1 Å². The second kappa shape index (κ2) is 7.84. The van der Waals surface area contributed by atoms with Crippen LogP contribution in [0.5, 0.6) is 0 Å². The Morgan fingerprint density at radius 1 is 1.35 bits per heavy atom. The summed E-state index contributed by atoms with van der Waals surface area (Å²) in [6.07, 6.45) is 0.326. The Morgan fingerprint density at radius 2 is 2.10 bits per heavy atom. The molecule has 0 aromatic heterocycles. The highest BCUT2D eigenvalue weighted by atomic mass is 19.1. The number of carbonyl (C=O) groups is 2. The lowest BCUT2D eigenvalue weighted by Crippen LogP contribution is -2.26. The highest BCUT2D eigenvalue weighted by molar-refractivity contribution is 5.94. The number of hydrogen-bond acceptors (Lipinski definition) is 4. The molecule has 7 heteroatoms. The number of rotatable bonds is 6. The van der Waals surface area contributed by atoms with Gasteiger partial charge in [0.05, 0.1) is 5.56 Å². The summed E-state index contributed by atoms with van der Waals surface area (Å²) >= 11 is 0. The molecule has 20 heavy (non-hydrogen) atoms. The maximum atomic E-state index is 13.3. The third-order valence-electron chi connectivity index (χ3n) is 2.32. The summed E-state index contributed by atoms with van der Waals surface area (Å²) in [4.78, 5) is 22.6. The second-order valence-electron chi connectivity index (χ2n) is 3.80. The summed E-state index contributed by atoms with van der Waals surface area (Å²) in [6, 6.07) is 4.30. The van der Waals surface area contributed by atoms with E-state index in [2.05, 4.69) is 10.1 Å². The lowest BCUT2D eigenvalue weighted by Gasteiger charge is -2.06. The van der Waals surface area contributed by atoms with Crippen LogP contribution < -0.4 is 5.32 Å². The second-order valence-corrected chi connectivity index (χ2v) is 3.80. The fraction of sp³-hybridized carbons (Fsp3) is 0.308. The summed E-state index contributed by atoms with van der Waals surface area (Å²) < 4.78 is 30.4. The van der Waals surface area contributed by atoms with Crippen molar-refractivity contribution in [3.05, 3.63) is 35.4 Å². The van der Waals surface area contributed by atoms with Gasteiger partial charge in [-0.3, -0.25) is 9.59 Å². The average Bonchev–Trinajstić information content (AvgIpc) is 2.41. The zero-order valence-corrected chi connectivity index (χ0v) is 10.5. The van der Waals surface area contributed by atoms with E-state index >= 15 is 0 Å². The van der Waals surface area contributed by atoms with Crippen LogP contribution in [0.4, 0.5) is 8.78 Å². The molecule has 0 saturated carbocycles. The minimum absolute atomic E-state index is 0.0356. The molecule has 0 atom stereocenters. The van der Waals surface area contributed by atoms with Crippen molar-refractivity contribution in [3.8, 4) is 6.07 Å². The summed E-state index contributed by atoms with van der Waals surface area (Å²) in [6.45, 7) is -0.177. The number of amides is 1. The monoisotopic (exact) mass is 282 g/mol. The standard InChI is InChI=1S/C13H12F2N2O3/c14-9-3-4-10(11(15)8-9)13(19)17-6-1-2-12(18)20-7-5-16/h3-4,8H,1-2,6-7H2,(H,17,19).